The van der Waals surface area contributed by atoms with Gasteiger partial charge in [0.15, 0.2) is 5.96 Å². The summed E-state index contributed by atoms with van der Waals surface area (Å²) in [5.41, 5.74) is -0.208. The smallest absolute Gasteiger partial charge is 0.370 e. The fourth-order valence-electron chi connectivity index (χ4n) is 2.93. The number of carbonyl (C=O) groups is 1. The number of nitrogens with one attached hydrogen (secondary N) is 2. The molecule has 1 saturated heterocycles. The molecule has 0 aromatic heterocycles. The molecule has 1 aromatic rings. The quantitative estimate of drug-likeness (QED) is 0.339. The number of hydrogen-bond acceptors (Lipinski definition) is 3. The SMILES string of the molecule is CCCNC(=O)CCNC(=NC)N1CCOC(c2cccc(C(F)(F)F)c2)C1.I. The number of ether oxygens (including phenoxy) is 1. The highest BCUT2D eigenvalue weighted by atomic mass is 127. The van der Waals surface area contributed by atoms with Crippen LogP contribution in [0.2, 0.25) is 0 Å². The minimum absolute atomic E-state index is 0. The Morgan fingerprint density at radius 1 is 1.31 bits per heavy atom. The Labute approximate surface area is 186 Å². The van der Waals surface area contributed by atoms with Gasteiger partial charge in [-0.05, 0) is 24.1 Å². The zero-order valence-corrected chi connectivity index (χ0v) is 18.9. The largest absolute Gasteiger partial charge is 0.416 e. The molecule has 1 atom stereocenters. The molecule has 1 heterocycles. The number of nitrogens with zero attached hydrogens (tertiary/aromatic N) is 2. The second-order valence-corrected chi connectivity index (χ2v) is 6.50. The highest BCUT2D eigenvalue weighted by Crippen LogP contribution is 2.32. The molecule has 1 aliphatic heterocycles. The third-order valence-electron chi connectivity index (χ3n) is 4.37. The number of halogens is 4. The lowest BCUT2D eigenvalue weighted by Crippen LogP contribution is -2.48. The molecule has 0 aliphatic carbocycles. The predicted octanol–water partition coefficient (Wildman–Crippen LogP) is 3.19. The van der Waals surface area contributed by atoms with Crippen molar-refractivity contribution >= 4 is 35.8 Å². The number of guanidine groups is 1. The fraction of sp³-hybridized carbons (Fsp3) is 0.579. The van der Waals surface area contributed by atoms with E-state index < -0.39 is 17.8 Å². The fourth-order valence-corrected chi connectivity index (χ4v) is 2.93. The Morgan fingerprint density at radius 3 is 2.72 bits per heavy atom. The summed E-state index contributed by atoms with van der Waals surface area (Å²) in [6, 6.07) is 5.21. The van der Waals surface area contributed by atoms with E-state index in [-0.39, 0.29) is 29.9 Å². The molecule has 1 aromatic carbocycles. The van der Waals surface area contributed by atoms with Crippen molar-refractivity contribution in [3.63, 3.8) is 0 Å². The molecule has 10 heteroatoms. The van der Waals surface area contributed by atoms with Crippen LogP contribution in [-0.2, 0) is 15.7 Å². The zero-order valence-electron chi connectivity index (χ0n) is 16.6. The van der Waals surface area contributed by atoms with E-state index in [1.54, 1.807) is 13.1 Å². The summed E-state index contributed by atoms with van der Waals surface area (Å²) in [6.45, 7) is 4.38. The second-order valence-electron chi connectivity index (χ2n) is 6.50. The third kappa shape index (κ3) is 8.00. The molecule has 2 rings (SSSR count). The third-order valence-corrected chi connectivity index (χ3v) is 4.37. The summed E-state index contributed by atoms with van der Waals surface area (Å²) >= 11 is 0. The van der Waals surface area contributed by atoms with E-state index in [4.69, 9.17) is 4.74 Å². The Hall–Kier alpha value is -1.56. The van der Waals surface area contributed by atoms with Gasteiger partial charge in [0.25, 0.3) is 0 Å². The number of hydrogen-bond donors (Lipinski definition) is 2. The van der Waals surface area contributed by atoms with Gasteiger partial charge in [-0.2, -0.15) is 13.2 Å². The summed E-state index contributed by atoms with van der Waals surface area (Å²) in [5, 5.41) is 5.94. The van der Waals surface area contributed by atoms with Gasteiger partial charge in [-0.15, -0.1) is 24.0 Å². The van der Waals surface area contributed by atoms with Gasteiger partial charge in [-0.25, -0.2) is 0 Å². The van der Waals surface area contributed by atoms with Crippen LogP contribution in [0.1, 0.15) is 37.0 Å². The minimum atomic E-state index is -4.39. The molecule has 29 heavy (non-hydrogen) atoms. The number of benzene rings is 1. The van der Waals surface area contributed by atoms with Crippen molar-refractivity contribution in [2.45, 2.75) is 32.0 Å². The molecule has 0 spiro atoms. The first-order valence-corrected chi connectivity index (χ1v) is 9.36. The lowest BCUT2D eigenvalue weighted by atomic mass is 10.0. The van der Waals surface area contributed by atoms with E-state index in [1.165, 1.54) is 6.07 Å². The topological polar surface area (TPSA) is 66.0 Å². The van der Waals surface area contributed by atoms with Crippen molar-refractivity contribution in [1.29, 1.82) is 0 Å². The van der Waals surface area contributed by atoms with Crippen molar-refractivity contribution in [2.75, 3.05) is 39.8 Å². The average molecular weight is 528 g/mol. The first-order valence-electron chi connectivity index (χ1n) is 9.36. The van der Waals surface area contributed by atoms with Gasteiger partial charge < -0.3 is 20.3 Å². The maximum absolute atomic E-state index is 13.0. The number of amides is 1. The van der Waals surface area contributed by atoms with Crippen LogP contribution in [0.15, 0.2) is 29.3 Å². The summed E-state index contributed by atoms with van der Waals surface area (Å²) in [7, 11) is 1.63. The van der Waals surface area contributed by atoms with E-state index in [9.17, 15) is 18.0 Å². The number of carbonyl (C=O) groups excluding carboxylic acids is 1. The molecule has 1 amide bonds. The Balaban J connectivity index is 0.00000420. The van der Waals surface area contributed by atoms with Gasteiger partial charge in [0, 0.05) is 33.1 Å². The highest BCUT2D eigenvalue weighted by molar-refractivity contribution is 14.0. The molecular formula is C19H28F3IN4O2. The van der Waals surface area contributed by atoms with Crippen LogP contribution in [0.4, 0.5) is 13.2 Å². The monoisotopic (exact) mass is 528 g/mol. The first kappa shape index (κ1) is 25.5. The number of rotatable bonds is 6. The number of alkyl halides is 3. The Bertz CT molecular complexity index is 686. The van der Waals surface area contributed by atoms with Crippen LogP contribution < -0.4 is 10.6 Å². The molecule has 0 bridgehead atoms. The number of morpholine rings is 1. The maximum Gasteiger partial charge on any atom is 0.416 e. The number of aliphatic imine (C=N–C) groups is 1. The Morgan fingerprint density at radius 2 is 2.07 bits per heavy atom. The van der Waals surface area contributed by atoms with Crippen LogP contribution in [-0.4, -0.2) is 56.6 Å². The summed E-state index contributed by atoms with van der Waals surface area (Å²) in [5.74, 6) is 0.567. The second kappa shape index (κ2) is 12.2. The van der Waals surface area contributed by atoms with Crippen molar-refractivity contribution in [1.82, 2.24) is 15.5 Å². The van der Waals surface area contributed by atoms with Gasteiger partial charge in [0.2, 0.25) is 5.91 Å². The standard InChI is InChI=1S/C19H27F3N4O2.HI/c1-3-8-24-17(27)7-9-25-18(23-2)26-10-11-28-16(13-26)14-5-4-6-15(12-14)19(20,21)22;/h4-6,12,16H,3,7-11,13H2,1-2H3,(H,23,25)(H,24,27);1H. The van der Waals surface area contributed by atoms with E-state index in [0.717, 1.165) is 18.6 Å². The lowest BCUT2D eigenvalue weighted by molar-refractivity contribution is -0.137. The molecule has 6 nitrogen and oxygen atoms in total. The van der Waals surface area contributed by atoms with Gasteiger partial charge >= 0.3 is 6.18 Å². The van der Waals surface area contributed by atoms with Crippen molar-refractivity contribution in [3.05, 3.63) is 35.4 Å². The van der Waals surface area contributed by atoms with E-state index in [0.29, 0.717) is 50.7 Å². The summed E-state index contributed by atoms with van der Waals surface area (Å²) in [4.78, 5) is 17.8. The molecule has 0 radical (unpaired) electrons. The van der Waals surface area contributed by atoms with Crippen molar-refractivity contribution in [3.8, 4) is 0 Å². The van der Waals surface area contributed by atoms with Gasteiger partial charge in [0.05, 0.1) is 18.7 Å². The molecule has 2 N–H and O–H groups in total. The van der Waals surface area contributed by atoms with Gasteiger partial charge in [-0.3, -0.25) is 9.79 Å². The van der Waals surface area contributed by atoms with Crippen LogP contribution >= 0.6 is 24.0 Å². The van der Waals surface area contributed by atoms with Crippen LogP contribution in [0.3, 0.4) is 0 Å². The predicted molar refractivity (Wildman–Crippen MR) is 116 cm³/mol. The average Bonchev–Trinajstić information content (AvgIpc) is 2.69. The van der Waals surface area contributed by atoms with E-state index in [2.05, 4.69) is 15.6 Å². The van der Waals surface area contributed by atoms with Crippen molar-refractivity contribution in [2.24, 2.45) is 4.99 Å². The van der Waals surface area contributed by atoms with Crippen LogP contribution in [0.25, 0.3) is 0 Å². The molecule has 0 saturated carbocycles. The van der Waals surface area contributed by atoms with E-state index >= 15 is 0 Å². The first-order chi connectivity index (χ1) is 13.3. The molecule has 1 fully saturated rings. The highest BCUT2D eigenvalue weighted by Gasteiger charge is 2.32. The van der Waals surface area contributed by atoms with Gasteiger partial charge in [-0.1, -0.05) is 19.1 Å². The molecular weight excluding hydrogens is 500 g/mol. The summed E-state index contributed by atoms with van der Waals surface area (Å²) < 4.78 is 44.6. The normalized spacial score (nSPS) is 17.5. The molecule has 1 unspecified atom stereocenters. The maximum atomic E-state index is 13.0. The van der Waals surface area contributed by atoms with Crippen LogP contribution in [0, 0.1) is 0 Å². The van der Waals surface area contributed by atoms with E-state index in [1.807, 2.05) is 11.8 Å². The van der Waals surface area contributed by atoms with Crippen molar-refractivity contribution < 1.29 is 22.7 Å². The lowest BCUT2D eigenvalue weighted by Gasteiger charge is -2.35. The summed E-state index contributed by atoms with van der Waals surface area (Å²) in [6.07, 6.45) is -3.67. The zero-order chi connectivity index (χ0) is 20.6. The van der Waals surface area contributed by atoms with Crippen LogP contribution in [0.5, 0.6) is 0 Å². The van der Waals surface area contributed by atoms with Gasteiger partial charge in [0.1, 0.15) is 6.10 Å². The minimum Gasteiger partial charge on any atom is -0.370 e. The molecule has 1 aliphatic rings. The Kier molecular flexibility index (Phi) is 10.7. The molecule has 164 valence electrons.